The van der Waals surface area contributed by atoms with Crippen LogP contribution in [-0.2, 0) is 16.0 Å². The molecule has 1 aromatic rings. The first-order valence-electron chi connectivity index (χ1n) is 5.79. The lowest BCUT2D eigenvalue weighted by Gasteiger charge is -2.12. The second kappa shape index (κ2) is 7.16. The molecule has 0 saturated carbocycles. The maximum Gasteiger partial charge on any atom is 0.326 e. The lowest BCUT2D eigenvalue weighted by atomic mass is 10.1. The average Bonchev–Trinajstić information content (AvgIpc) is 2.33. The Balaban J connectivity index is 2.44. The number of aryl methyl sites for hydroxylation is 1. The van der Waals surface area contributed by atoms with Crippen molar-refractivity contribution in [3.05, 3.63) is 34.3 Å². The van der Waals surface area contributed by atoms with E-state index in [1.165, 1.54) is 0 Å². The van der Waals surface area contributed by atoms with Crippen molar-refractivity contribution in [3.63, 3.8) is 0 Å². The van der Waals surface area contributed by atoms with Crippen molar-refractivity contribution >= 4 is 27.8 Å². The molecular weight excluding hydrogens is 298 g/mol. The zero-order valence-corrected chi connectivity index (χ0v) is 11.7. The molecule has 4 nitrogen and oxygen atoms in total. The van der Waals surface area contributed by atoms with E-state index in [-0.39, 0.29) is 5.91 Å². The van der Waals surface area contributed by atoms with Crippen LogP contribution in [0.2, 0.25) is 0 Å². The van der Waals surface area contributed by atoms with Crippen molar-refractivity contribution in [1.29, 1.82) is 0 Å². The molecule has 1 rings (SSSR count). The Kier molecular flexibility index (Phi) is 5.85. The Hall–Kier alpha value is -1.36. The fraction of sp³-hybridized carbons (Fsp3) is 0.385. The molecule has 0 aliphatic heterocycles. The van der Waals surface area contributed by atoms with Crippen molar-refractivity contribution in [2.45, 2.75) is 32.2 Å². The Labute approximate surface area is 115 Å². The summed E-state index contributed by atoms with van der Waals surface area (Å²) >= 11 is 3.36. The Morgan fingerprint density at radius 1 is 1.44 bits per heavy atom. The number of carbonyl (C=O) groups excluding carboxylic acids is 1. The van der Waals surface area contributed by atoms with E-state index in [1.54, 1.807) is 6.92 Å². The highest BCUT2D eigenvalue weighted by Gasteiger charge is 2.16. The summed E-state index contributed by atoms with van der Waals surface area (Å²) in [6, 6.07) is 6.92. The number of hydrogen-bond acceptors (Lipinski definition) is 2. The number of carbonyl (C=O) groups is 2. The first-order chi connectivity index (χ1) is 8.52. The summed E-state index contributed by atoms with van der Waals surface area (Å²) in [6.07, 6.45) is 1.28. The first kappa shape index (κ1) is 14.7. The van der Waals surface area contributed by atoms with E-state index < -0.39 is 12.0 Å². The van der Waals surface area contributed by atoms with E-state index in [0.717, 1.165) is 10.0 Å². The van der Waals surface area contributed by atoms with Gasteiger partial charge in [0.1, 0.15) is 6.04 Å². The van der Waals surface area contributed by atoms with E-state index in [4.69, 9.17) is 5.11 Å². The molecule has 0 radical (unpaired) electrons. The van der Waals surface area contributed by atoms with Gasteiger partial charge in [-0.15, -0.1) is 0 Å². The number of hydrogen-bond donors (Lipinski definition) is 2. The fourth-order valence-electron chi connectivity index (χ4n) is 1.56. The molecule has 0 bridgehead atoms. The van der Waals surface area contributed by atoms with Gasteiger partial charge in [0.2, 0.25) is 5.91 Å². The molecule has 2 N–H and O–H groups in total. The number of carboxylic acids is 1. The molecule has 0 aromatic heterocycles. The highest BCUT2D eigenvalue weighted by atomic mass is 79.9. The van der Waals surface area contributed by atoms with Gasteiger partial charge in [-0.25, -0.2) is 4.79 Å². The van der Waals surface area contributed by atoms with Gasteiger partial charge < -0.3 is 10.4 Å². The van der Waals surface area contributed by atoms with Crippen LogP contribution in [0.25, 0.3) is 0 Å². The van der Waals surface area contributed by atoms with E-state index in [0.29, 0.717) is 19.3 Å². The molecule has 1 aromatic carbocycles. The van der Waals surface area contributed by atoms with Crippen LogP contribution in [0.3, 0.4) is 0 Å². The summed E-state index contributed by atoms with van der Waals surface area (Å²) < 4.78 is 0.970. The zero-order valence-electron chi connectivity index (χ0n) is 10.1. The summed E-state index contributed by atoms with van der Waals surface area (Å²) in [7, 11) is 0. The SMILES string of the molecule is CC[C@@H](NC(=O)CCc1cccc(Br)c1)C(=O)O. The second-order valence-electron chi connectivity index (χ2n) is 4.00. The third kappa shape index (κ3) is 4.87. The van der Waals surface area contributed by atoms with Crippen LogP contribution in [0.5, 0.6) is 0 Å². The summed E-state index contributed by atoms with van der Waals surface area (Å²) in [4.78, 5) is 22.4. The molecule has 0 aliphatic carbocycles. The van der Waals surface area contributed by atoms with Crippen LogP contribution in [0, 0.1) is 0 Å². The van der Waals surface area contributed by atoms with Crippen LogP contribution in [0.1, 0.15) is 25.3 Å². The predicted octanol–water partition coefficient (Wildman–Crippen LogP) is 2.36. The summed E-state index contributed by atoms with van der Waals surface area (Å²) in [5.41, 5.74) is 1.04. The van der Waals surface area contributed by atoms with Gasteiger partial charge in [-0.05, 0) is 30.5 Å². The first-order valence-corrected chi connectivity index (χ1v) is 6.59. The van der Waals surface area contributed by atoms with E-state index in [2.05, 4.69) is 21.2 Å². The third-order valence-electron chi connectivity index (χ3n) is 2.57. The van der Waals surface area contributed by atoms with Gasteiger partial charge in [-0.2, -0.15) is 0 Å². The standard InChI is InChI=1S/C13H16BrNO3/c1-2-11(13(17)18)15-12(16)7-6-9-4-3-5-10(14)8-9/h3-5,8,11H,2,6-7H2,1H3,(H,15,16)(H,17,18)/t11-/m1/s1. The van der Waals surface area contributed by atoms with Crippen LogP contribution in [0.15, 0.2) is 28.7 Å². The number of carboxylic acid groups (broad SMARTS) is 1. The number of benzene rings is 1. The molecule has 1 amide bonds. The Bertz CT molecular complexity index is 434. The van der Waals surface area contributed by atoms with Crippen LogP contribution < -0.4 is 5.32 Å². The number of nitrogens with one attached hydrogen (secondary N) is 1. The van der Waals surface area contributed by atoms with Crippen molar-refractivity contribution < 1.29 is 14.7 Å². The highest BCUT2D eigenvalue weighted by Crippen LogP contribution is 2.12. The van der Waals surface area contributed by atoms with Crippen LogP contribution in [0.4, 0.5) is 0 Å². The molecule has 0 aliphatic rings. The van der Waals surface area contributed by atoms with Gasteiger partial charge in [0.15, 0.2) is 0 Å². The molecule has 0 spiro atoms. The minimum Gasteiger partial charge on any atom is -0.480 e. The monoisotopic (exact) mass is 313 g/mol. The van der Waals surface area contributed by atoms with Crippen molar-refractivity contribution in [2.24, 2.45) is 0 Å². The molecular formula is C13H16BrNO3. The lowest BCUT2D eigenvalue weighted by Crippen LogP contribution is -2.40. The van der Waals surface area contributed by atoms with Crippen molar-refractivity contribution in [2.75, 3.05) is 0 Å². The summed E-state index contributed by atoms with van der Waals surface area (Å²) in [5.74, 6) is -1.22. The van der Waals surface area contributed by atoms with Gasteiger partial charge in [0.25, 0.3) is 0 Å². The third-order valence-corrected chi connectivity index (χ3v) is 3.06. The van der Waals surface area contributed by atoms with Crippen molar-refractivity contribution in [3.8, 4) is 0 Å². The van der Waals surface area contributed by atoms with Gasteiger partial charge in [-0.1, -0.05) is 35.0 Å². The normalized spacial score (nSPS) is 11.9. The van der Waals surface area contributed by atoms with Gasteiger partial charge in [-0.3, -0.25) is 4.79 Å². The van der Waals surface area contributed by atoms with Gasteiger partial charge >= 0.3 is 5.97 Å². The van der Waals surface area contributed by atoms with E-state index in [1.807, 2.05) is 24.3 Å². The summed E-state index contributed by atoms with van der Waals surface area (Å²) in [5, 5.41) is 11.3. The van der Waals surface area contributed by atoms with Crippen LogP contribution >= 0.6 is 15.9 Å². The molecule has 0 unspecified atom stereocenters. The topological polar surface area (TPSA) is 66.4 Å². The molecule has 0 fully saturated rings. The zero-order chi connectivity index (χ0) is 13.5. The molecule has 0 saturated heterocycles. The largest absolute Gasteiger partial charge is 0.480 e. The molecule has 98 valence electrons. The molecule has 0 heterocycles. The lowest BCUT2D eigenvalue weighted by molar-refractivity contribution is -0.141. The number of rotatable bonds is 6. The number of amides is 1. The smallest absolute Gasteiger partial charge is 0.326 e. The Morgan fingerprint density at radius 2 is 2.17 bits per heavy atom. The fourth-order valence-corrected chi connectivity index (χ4v) is 2.00. The molecule has 18 heavy (non-hydrogen) atoms. The molecule has 5 heteroatoms. The quantitative estimate of drug-likeness (QED) is 0.847. The maximum atomic E-state index is 11.6. The maximum absolute atomic E-state index is 11.6. The van der Waals surface area contributed by atoms with Crippen molar-refractivity contribution in [1.82, 2.24) is 5.32 Å². The van der Waals surface area contributed by atoms with Crippen LogP contribution in [-0.4, -0.2) is 23.0 Å². The van der Waals surface area contributed by atoms with E-state index in [9.17, 15) is 9.59 Å². The van der Waals surface area contributed by atoms with E-state index >= 15 is 0 Å². The molecule has 1 atom stereocenters. The minimum atomic E-state index is -0.992. The minimum absolute atomic E-state index is 0.232. The summed E-state index contributed by atoms with van der Waals surface area (Å²) in [6.45, 7) is 1.73. The average molecular weight is 314 g/mol. The predicted molar refractivity (Wildman–Crippen MR) is 72.3 cm³/mol. The number of halogens is 1. The highest BCUT2D eigenvalue weighted by molar-refractivity contribution is 9.10. The second-order valence-corrected chi connectivity index (χ2v) is 4.91. The van der Waals surface area contributed by atoms with Gasteiger partial charge in [0.05, 0.1) is 0 Å². The Morgan fingerprint density at radius 3 is 2.72 bits per heavy atom. The van der Waals surface area contributed by atoms with Gasteiger partial charge in [0, 0.05) is 10.9 Å². The number of aliphatic carboxylic acids is 1.